The smallest absolute Gasteiger partial charge is 0.202 e. The summed E-state index contributed by atoms with van der Waals surface area (Å²) in [5, 5.41) is -0.262. The molecule has 1 aromatic carbocycles. The van der Waals surface area contributed by atoms with E-state index in [0.29, 0.717) is 6.42 Å². The summed E-state index contributed by atoms with van der Waals surface area (Å²) in [7, 11) is 0. The maximum absolute atomic E-state index is 10.8. The highest BCUT2D eigenvalue weighted by molar-refractivity contribution is 7.96. The Bertz CT molecular complexity index is 312. The number of rotatable bonds is 3. The Balaban J connectivity index is 2.69. The van der Waals surface area contributed by atoms with Gasteiger partial charge in [0.15, 0.2) is 0 Å². The number of aryl methyl sites for hydroxylation is 1. The first-order valence-electron chi connectivity index (χ1n) is 4.13. The van der Waals surface area contributed by atoms with Gasteiger partial charge in [0, 0.05) is 0 Å². The van der Waals surface area contributed by atoms with Crippen LogP contribution in [0.4, 0.5) is 0 Å². The molecular formula is C10H13NOS. The molecule has 3 heteroatoms. The van der Waals surface area contributed by atoms with E-state index < -0.39 is 6.04 Å². The second kappa shape index (κ2) is 4.44. The first-order valence-corrected chi connectivity index (χ1v) is 4.58. The lowest BCUT2D eigenvalue weighted by atomic mass is 10.1. The summed E-state index contributed by atoms with van der Waals surface area (Å²) in [6, 6.07) is 7.46. The molecule has 13 heavy (non-hydrogen) atoms. The van der Waals surface area contributed by atoms with E-state index >= 15 is 0 Å². The number of carbonyl (C=O) groups is 1. The van der Waals surface area contributed by atoms with E-state index in [1.54, 1.807) is 0 Å². The van der Waals surface area contributed by atoms with Crippen LogP contribution in [0.25, 0.3) is 0 Å². The molecule has 1 atom stereocenters. The minimum atomic E-state index is -0.495. The van der Waals surface area contributed by atoms with Crippen molar-refractivity contribution < 1.29 is 4.79 Å². The zero-order valence-corrected chi connectivity index (χ0v) is 8.42. The zero-order chi connectivity index (χ0) is 9.84. The maximum atomic E-state index is 10.8. The van der Waals surface area contributed by atoms with Crippen LogP contribution in [0.15, 0.2) is 24.3 Å². The molecule has 0 radical (unpaired) electrons. The Labute approximate surface area is 83.5 Å². The van der Waals surface area contributed by atoms with Crippen LogP contribution in [0.2, 0.25) is 0 Å². The molecule has 0 heterocycles. The third-order valence-electron chi connectivity index (χ3n) is 1.86. The summed E-state index contributed by atoms with van der Waals surface area (Å²) >= 11 is 3.69. The van der Waals surface area contributed by atoms with Crippen LogP contribution in [0.1, 0.15) is 11.1 Å². The molecule has 0 aliphatic heterocycles. The van der Waals surface area contributed by atoms with Crippen molar-refractivity contribution in [3.8, 4) is 0 Å². The quantitative estimate of drug-likeness (QED) is 0.714. The average molecular weight is 195 g/mol. The summed E-state index contributed by atoms with van der Waals surface area (Å²) in [5.41, 5.74) is 7.83. The second-order valence-corrected chi connectivity index (χ2v) is 3.58. The SMILES string of the molecule is Cc1cccc(CC(N)C(=O)S)c1. The zero-order valence-electron chi connectivity index (χ0n) is 7.53. The van der Waals surface area contributed by atoms with E-state index in [-0.39, 0.29) is 5.12 Å². The van der Waals surface area contributed by atoms with Crippen molar-refractivity contribution in [3.63, 3.8) is 0 Å². The van der Waals surface area contributed by atoms with Gasteiger partial charge < -0.3 is 5.73 Å². The van der Waals surface area contributed by atoms with E-state index in [2.05, 4.69) is 12.6 Å². The molecule has 0 aromatic heterocycles. The van der Waals surface area contributed by atoms with Crippen LogP contribution in [0, 0.1) is 6.92 Å². The Kier molecular flexibility index (Phi) is 3.51. The second-order valence-electron chi connectivity index (χ2n) is 3.14. The molecule has 0 aliphatic carbocycles. The van der Waals surface area contributed by atoms with Crippen molar-refractivity contribution in [2.24, 2.45) is 5.73 Å². The van der Waals surface area contributed by atoms with Crippen LogP contribution < -0.4 is 5.73 Å². The molecule has 0 saturated heterocycles. The molecule has 2 N–H and O–H groups in total. The number of carbonyl (C=O) groups excluding carboxylic acids is 1. The van der Waals surface area contributed by atoms with Gasteiger partial charge in [0.05, 0.1) is 6.04 Å². The molecule has 70 valence electrons. The molecule has 0 fully saturated rings. The molecule has 0 spiro atoms. The lowest BCUT2D eigenvalue weighted by Gasteiger charge is -2.07. The molecule has 1 rings (SSSR count). The van der Waals surface area contributed by atoms with Crippen molar-refractivity contribution in [3.05, 3.63) is 35.4 Å². The van der Waals surface area contributed by atoms with Gasteiger partial charge >= 0.3 is 0 Å². The summed E-state index contributed by atoms with van der Waals surface area (Å²) in [4.78, 5) is 10.8. The van der Waals surface area contributed by atoms with Gasteiger partial charge in [0.25, 0.3) is 0 Å². The van der Waals surface area contributed by atoms with Gasteiger partial charge in [-0.25, -0.2) is 0 Å². The molecule has 0 amide bonds. The Morgan fingerprint density at radius 1 is 1.62 bits per heavy atom. The van der Waals surface area contributed by atoms with Crippen LogP contribution in [0.3, 0.4) is 0 Å². The monoisotopic (exact) mass is 195 g/mol. The van der Waals surface area contributed by atoms with Crippen LogP contribution >= 0.6 is 12.6 Å². The third-order valence-corrected chi connectivity index (χ3v) is 2.19. The summed E-state index contributed by atoms with van der Waals surface area (Å²) < 4.78 is 0. The van der Waals surface area contributed by atoms with E-state index in [1.165, 1.54) is 5.56 Å². The molecule has 0 bridgehead atoms. The van der Waals surface area contributed by atoms with Gasteiger partial charge in [-0.2, -0.15) is 0 Å². The minimum absolute atomic E-state index is 0.262. The molecule has 0 aliphatic rings. The van der Waals surface area contributed by atoms with Crippen molar-refractivity contribution >= 4 is 17.7 Å². The van der Waals surface area contributed by atoms with Gasteiger partial charge in [-0.1, -0.05) is 29.8 Å². The van der Waals surface area contributed by atoms with E-state index in [1.807, 2.05) is 31.2 Å². The van der Waals surface area contributed by atoms with Crippen LogP contribution in [-0.2, 0) is 11.2 Å². The maximum Gasteiger partial charge on any atom is 0.202 e. The normalized spacial score (nSPS) is 12.5. The van der Waals surface area contributed by atoms with Gasteiger partial charge in [-0.3, -0.25) is 4.79 Å². The predicted molar refractivity (Wildman–Crippen MR) is 56.9 cm³/mol. The third kappa shape index (κ3) is 3.20. The first-order chi connectivity index (χ1) is 6.09. The minimum Gasteiger partial charge on any atom is -0.320 e. The Hall–Kier alpha value is -0.800. The Morgan fingerprint density at radius 3 is 2.85 bits per heavy atom. The molecule has 1 unspecified atom stereocenters. The fraction of sp³-hybridized carbons (Fsp3) is 0.300. The highest BCUT2D eigenvalue weighted by Crippen LogP contribution is 2.06. The molecule has 2 nitrogen and oxygen atoms in total. The van der Waals surface area contributed by atoms with Gasteiger partial charge in [-0.15, -0.1) is 12.6 Å². The van der Waals surface area contributed by atoms with Crippen molar-refractivity contribution in [2.45, 2.75) is 19.4 Å². The largest absolute Gasteiger partial charge is 0.320 e. The summed E-state index contributed by atoms with van der Waals surface area (Å²) in [6.07, 6.45) is 0.560. The number of hydrogen-bond donors (Lipinski definition) is 2. The van der Waals surface area contributed by atoms with Crippen molar-refractivity contribution in [1.82, 2.24) is 0 Å². The lowest BCUT2D eigenvalue weighted by Crippen LogP contribution is -2.29. The van der Waals surface area contributed by atoms with Gasteiger partial charge in [0.2, 0.25) is 5.12 Å². The summed E-state index contributed by atoms with van der Waals surface area (Å²) in [6.45, 7) is 2.01. The Morgan fingerprint density at radius 2 is 2.31 bits per heavy atom. The van der Waals surface area contributed by atoms with Crippen LogP contribution in [0.5, 0.6) is 0 Å². The van der Waals surface area contributed by atoms with Crippen molar-refractivity contribution in [2.75, 3.05) is 0 Å². The number of nitrogens with two attached hydrogens (primary N) is 1. The fourth-order valence-corrected chi connectivity index (χ4v) is 1.27. The van der Waals surface area contributed by atoms with Gasteiger partial charge in [-0.05, 0) is 18.9 Å². The van der Waals surface area contributed by atoms with E-state index in [0.717, 1.165) is 5.56 Å². The van der Waals surface area contributed by atoms with Crippen molar-refractivity contribution in [1.29, 1.82) is 0 Å². The molecule has 1 aromatic rings. The highest BCUT2D eigenvalue weighted by atomic mass is 32.1. The lowest BCUT2D eigenvalue weighted by molar-refractivity contribution is -0.111. The average Bonchev–Trinajstić information content (AvgIpc) is 2.04. The standard InChI is InChI=1S/C10H13NOS/c1-7-3-2-4-8(5-7)6-9(11)10(12)13/h2-5,9H,6,11H2,1H3,(H,12,13). The number of thiol groups is 1. The topological polar surface area (TPSA) is 43.1 Å². The van der Waals surface area contributed by atoms with Crippen LogP contribution in [-0.4, -0.2) is 11.2 Å². The molecular weight excluding hydrogens is 182 g/mol. The number of hydrogen-bond acceptors (Lipinski definition) is 2. The molecule has 0 saturated carbocycles. The first kappa shape index (κ1) is 10.3. The van der Waals surface area contributed by atoms with E-state index in [4.69, 9.17) is 5.73 Å². The fourth-order valence-electron chi connectivity index (χ4n) is 1.18. The highest BCUT2D eigenvalue weighted by Gasteiger charge is 2.09. The number of benzene rings is 1. The predicted octanol–water partition coefficient (Wildman–Crippen LogP) is 1.32. The van der Waals surface area contributed by atoms with E-state index in [9.17, 15) is 4.79 Å². The van der Waals surface area contributed by atoms with Gasteiger partial charge in [0.1, 0.15) is 0 Å². The summed E-state index contributed by atoms with van der Waals surface area (Å²) in [5.74, 6) is 0.